The van der Waals surface area contributed by atoms with Crippen molar-refractivity contribution < 1.29 is 22.6 Å². The van der Waals surface area contributed by atoms with Gasteiger partial charge in [-0.05, 0) is 47.9 Å². The van der Waals surface area contributed by atoms with Gasteiger partial charge >= 0.3 is 0 Å². The van der Waals surface area contributed by atoms with Gasteiger partial charge in [0.1, 0.15) is 12.4 Å². The number of benzene rings is 4. The van der Waals surface area contributed by atoms with Crippen LogP contribution < -0.4 is 9.47 Å². The van der Waals surface area contributed by atoms with Gasteiger partial charge in [-0.3, -0.25) is 0 Å². The highest BCUT2D eigenvalue weighted by molar-refractivity contribution is 5.72. The lowest BCUT2D eigenvalue weighted by Gasteiger charge is -2.11. The van der Waals surface area contributed by atoms with Crippen molar-refractivity contribution in [3.8, 4) is 33.8 Å². The Morgan fingerprint density at radius 2 is 1.28 bits per heavy atom. The molecule has 0 N–H and O–H groups in total. The molecule has 0 spiro atoms. The molecule has 0 atom stereocenters. The standard InChI is InChI=1S/C27H21F3O2/c1-2-31-25-15-8-18(16-24(25)28)17-32-21-11-9-20(10-12-21)23-14-13-22(26(29)27(23)30)19-6-4-3-5-7-19/h3-16H,2,17H2,1H3. The zero-order valence-electron chi connectivity index (χ0n) is 17.4. The lowest BCUT2D eigenvalue weighted by Crippen LogP contribution is -1.99. The van der Waals surface area contributed by atoms with Gasteiger partial charge in [0.15, 0.2) is 23.2 Å². The first kappa shape index (κ1) is 21.5. The molecule has 0 heterocycles. The van der Waals surface area contributed by atoms with Crippen molar-refractivity contribution in [2.45, 2.75) is 13.5 Å². The molecule has 4 aromatic rings. The van der Waals surface area contributed by atoms with Crippen molar-refractivity contribution in [1.29, 1.82) is 0 Å². The summed E-state index contributed by atoms with van der Waals surface area (Å²) in [6, 6.07) is 23.3. The molecular weight excluding hydrogens is 413 g/mol. The predicted molar refractivity (Wildman–Crippen MR) is 119 cm³/mol. The van der Waals surface area contributed by atoms with E-state index in [1.54, 1.807) is 79.7 Å². The third kappa shape index (κ3) is 4.62. The second-order valence-electron chi connectivity index (χ2n) is 7.17. The summed E-state index contributed by atoms with van der Waals surface area (Å²) in [5.41, 5.74) is 2.18. The van der Waals surface area contributed by atoms with E-state index < -0.39 is 17.5 Å². The van der Waals surface area contributed by atoms with E-state index in [9.17, 15) is 13.2 Å². The Morgan fingerprint density at radius 3 is 1.88 bits per heavy atom. The molecule has 0 unspecified atom stereocenters. The first-order chi connectivity index (χ1) is 15.6. The number of ether oxygens (including phenoxy) is 2. The second-order valence-corrected chi connectivity index (χ2v) is 7.17. The van der Waals surface area contributed by atoms with E-state index >= 15 is 0 Å². The van der Waals surface area contributed by atoms with E-state index in [2.05, 4.69) is 0 Å². The topological polar surface area (TPSA) is 18.5 Å². The number of rotatable bonds is 7. The second kappa shape index (κ2) is 9.60. The van der Waals surface area contributed by atoms with Crippen LogP contribution in [0.2, 0.25) is 0 Å². The van der Waals surface area contributed by atoms with Gasteiger partial charge in [0.05, 0.1) is 6.61 Å². The summed E-state index contributed by atoms with van der Waals surface area (Å²) in [5, 5.41) is 0. The Hall–Kier alpha value is -3.73. The fraction of sp³-hybridized carbons (Fsp3) is 0.111. The van der Waals surface area contributed by atoms with Gasteiger partial charge in [-0.2, -0.15) is 0 Å². The molecule has 0 radical (unpaired) electrons. The van der Waals surface area contributed by atoms with Crippen LogP contribution >= 0.6 is 0 Å². The van der Waals surface area contributed by atoms with Crippen LogP contribution in [0.1, 0.15) is 12.5 Å². The molecule has 0 amide bonds. The minimum absolute atomic E-state index is 0.164. The highest BCUT2D eigenvalue weighted by Gasteiger charge is 2.16. The maximum absolute atomic E-state index is 14.8. The summed E-state index contributed by atoms with van der Waals surface area (Å²) in [6.07, 6.45) is 0. The van der Waals surface area contributed by atoms with E-state index in [0.29, 0.717) is 29.0 Å². The quantitative estimate of drug-likeness (QED) is 0.301. The zero-order valence-corrected chi connectivity index (χ0v) is 17.4. The smallest absolute Gasteiger partial charge is 0.167 e. The molecule has 0 bridgehead atoms. The van der Waals surface area contributed by atoms with Crippen LogP contribution in [0.4, 0.5) is 13.2 Å². The molecule has 0 saturated heterocycles. The van der Waals surface area contributed by atoms with Crippen molar-refractivity contribution >= 4 is 0 Å². The third-order valence-corrected chi connectivity index (χ3v) is 5.03. The summed E-state index contributed by atoms with van der Waals surface area (Å²) in [5.74, 6) is -1.49. The Labute approximate surface area is 184 Å². The van der Waals surface area contributed by atoms with Crippen LogP contribution in [0.25, 0.3) is 22.3 Å². The Morgan fingerprint density at radius 1 is 0.656 bits per heavy atom. The molecule has 2 nitrogen and oxygen atoms in total. The number of halogens is 3. The first-order valence-corrected chi connectivity index (χ1v) is 10.2. The molecule has 4 rings (SSSR count). The van der Waals surface area contributed by atoms with Crippen LogP contribution in [0.15, 0.2) is 84.9 Å². The summed E-state index contributed by atoms with van der Waals surface area (Å²) in [4.78, 5) is 0. The average Bonchev–Trinajstić information content (AvgIpc) is 2.82. The average molecular weight is 434 g/mol. The molecule has 0 aliphatic heterocycles. The monoisotopic (exact) mass is 434 g/mol. The van der Waals surface area contributed by atoms with Crippen LogP contribution in [0.3, 0.4) is 0 Å². The largest absolute Gasteiger partial charge is 0.491 e. The van der Waals surface area contributed by atoms with Crippen molar-refractivity contribution in [2.24, 2.45) is 0 Å². The van der Waals surface area contributed by atoms with Gasteiger partial charge in [-0.25, -0.2) is 13.2 Å². The van der Waals surface area contributed by atoms with Gasteiger partial charge in [0, 0.05) is 11.1 Å². The van der Waals surface area contributed by atoms with Crippen molar-refractivity contribution in [3.05, 3.63) is 108 Å². The lowest BCUT2D eigenvalue weighted by molar-refractivity contribution is 0.302. The fourth-order valence-corrected chi connectivity index (χ4v) is 3.42. The highest BCUT2D eigenvalue weighted by Crippen LogP contribution is 2.32. The highest BCUT2D eigenvalue weighted by atomic mass is 19.2. The summed E-state index contributed by atoms with van der Waals surface area (Å²) in [6.45, 7) is 2.34. The van der Waals surface area contributed by atoms with Crippen LogP contribution in [-0.4, -0.2) is 6.61 Å². The van der Waals surface area contributed by atoms with Crippen molar-refractivity contribution in [2.75, 3.05) is 6.61 Å². The van der Waals surface area contributed by atoms with Gasteiger partial charge in [-0.15, -0.1) is 0 Å². The SMILES string of the molecule is CCOc1ccc(COc2ccc(-c3ccc(-c4ccccc4)c(F)c3F)cc2)cc1F. The van der Waals surface area contributed by atoms with E-state index in [0.717, 1.165) is 0 Å². The lowest BCUT2D eigenvalue weighted by atomic mass is 9.99. The van der Waals surface area contributed by atoms with E-state index in [1.165, 1.54) is 6.07 Å². The molecule has 162 valence electrons. The molecular formula is C27H21F3O2. The first-order valence-electron chi connectivity index (χ1n) is 10.2. The van der Waals surface area contributed by atoms with Crippen molar-refractivity contribution in [1.82, 2.24) is 0 Å². The minimum Gasteiger partial charge on any atom is -0.491 e. The van der Waals surface area contributed by atoms with Gasteiger partial charge < -0.3 is 9.47 Å². The van der Waals surface area contributed by atoms with Gasteiger partial charge in [0.25, 0.3) is 0 Å². The Balaban J connectivity index is 1.48. The summed E-state index contributed by atoms with van der Waals surface area (Å²) in [7, 11) is 0. The maximum atomic E-state index is 14.8. The molecule has 0 aliphatic rings. The predicted octanol–water partition coefficient (Wildman–Crippen LogP) is 7.42. The van der Waals surface area contributed by atoms with Crippen LogP contribution in [0.5, 0.6) is 11.5 Å². The molecule has 32 heavy (non-hydrogen) atoms. The Bertz CT molecular complexity index is 1210. The molecule has 0 aromatic heterocycles. The van der Waals surface area contributed by atoms with Crippen LogP contribution in [0, 0.1) is 17.5 Å². The van der Waals surface area contributed by atoms with E-state index in [4.69, 9.17) is 9.47 Å². The molecule has 0 saturated carbocycles. The summed E-state index contributed by atoms with van der Waals surface area (Å²) < 4.78 is 54.3. The fourth-order valence-electron chi connectivity index (χ4n) is 3.42. The minimum atomic E-state index is -0.898. The van der Waals surface area contributed by atoms with E-state index in [-0.39, 0.29) is 23.5 Å². The Kier molecular flexibility index (Phi) is 6.45. The van der Waals surface area contributed by atoms with Gasteiger partial charge in [-0.1, -0.05) is 60.7 Å². The number of hydrogen-bond acceptors (Lipinski definition) is 2. The van der Waals surface area contributed by atoms with Crippen molar-refractivity contribution in [3.63, 3.8) is 0 Å². The van der Waals surface area contributed by atoms with E-state index in [1.807, 2.05) is 6.07 Å². The molecule has 4 aromatic carbocycles. The van der Waals surface area contributed by atoms with Crippen LogP contribution in [-0.2, 0) is 6.61 Å². The molecule has 0 fully saturated rings. The maximum Gasteiger partial charge on any atom is 0.167 e. The third-order valence-electron chi connectivity index (χ3n) is 5.03. The summed E-state index contributed by atoms with van der Waals surface area (Å²) >= 11 is 0. The normalized spacial score (nSPS) is 10.8. The molecule has 5 heteroatoms. The number of hydrogen-bond donors (Lipinski definition) is 0. The zero-order chi connectivity index (χ0) is 22.5. The molecule has 0 aliphatic carbocycles. The van der Waals surface area contributed by atoms with Gasteiger partial charge in [0.2, 0.25) is 0 Å².